The second-order valence-corrected chi connectivity index (χ2v) is 5.60. The maximum Gasteiger partial charge on any atom is 0.258 e. The van der Waals surface area contributed by atoms with Gasteiger partial charge in [-0.25, -0.2) is 0 Å². The van der Waals surface area contributed by atoms with E-state index in [2.05, 4.69) is 17.2 Å². The second kappa shape index (κ2) is 8.59. The zero-order valence-electron chi connectivity index (χ0n) is 14.5. The lowest BCUT2D eigenvalue weighted by atomic mass is 10.1. The Kier molecular flexibility index (Phi) is 5.74. The summed E-state index contributed by atoms with van der Waals surface area (Å²) in [4.78, 5) is 11.9. The molecule has 0 saturated carbocycles. The van der Waals surface area contributed by atoms with Gasteiger partial charge in [-0.2, -0.15) is 0 Å². The topological polar surface area (TPSA) is 47.6 Å². The summed E-state index contributed by atoms with van der Waals surface area (Å²) < 4.78 is 10.6. The highest BCUT2D eigenvalue weighted by Gasteiger charge is 2.02. The third-order valence-electron chi connectivity index (χ3n) is 3.79. The molecule has 0 unspecified atom stereocenters. The van der Waals surface area contributed by atoms with Crippen molar-refractivity contribution in [1.29, 1.82) is 0 Å². The van der Waals surface area contributed by atoms with Crippen molar-refractivity contribution in [3.8, 4) is 23.3 Å². The van der Waals surface area contributed by atoms with Crippen molar-refractivity contribution >= 4 is 16.7 Å². The highest BCUT2D eigenvalue weighted by atomic mass is 16.5. The molecule has 3 rings (SSSR count). The Morgan fingerprint density at radius 1 is 0.962 bits per heavy atom. The van der Waals surface area contributed by atoms with Crippen LogP contribution in [0.2, 0.25) is 0 Å². The lowest BCUT2D eigenvalue weighted by Gasteiger charge is -2.07. The molecular formula is C22H19NO3. The largest absolute Gasteiger partial charge is 0.497 e. The zero-order valence-corrected chi connectivity index (χ0v) is 14.5. The molecule has 4 heteroatoms. The van der Waals surface area contributed by atoms with Gasteiger partial charge in [-0.1, -0.05) is 42.2 Å². The van der Waals surface area contributed by atoms with Crippen LogP contribution in [0.15, 0.2) is 66.7 Å². The highest BCUT2D eigenvalue weighted by molar-refractivity contribution is 5.84. The summed E-state index contributed by atoms with van der Waals surface area (Å²) in [5.74, 6) is 7.15. The Morgan fingerprint density at radius 3 is 2.46 bits per heavy atom. The minimum absolute atomic E-state index is 0.0391. The fraction of sp³-hybridized carbons (Fsp3) is 0.136. The van der Waals surface area contributed by atoms with E-state index in [1.54, 1.807) is 7.11 Å². The molecule has 0 aliphatic heterocycles. The summed E-state index contributed by atoms with van der Waals surface area (Å²) in [5, 5.41) is 4.94. The molecule has 130 valence electrons. The number of methoxy groups -OCH3 is 1. The van der Waals surface area contributed by atoms with E-state index in [0.717, 1.165) is 22.1 Å². The summed E-state index contributed by atoms with van der Waals surface area (Å²) in [6.45, 7) is 0.231. The van der Waals surface area contributed by atoms with E-state index in [0.29, 0.717) is 5.75 Å². The molecule has 0 saturated heterocycles. The number of amides is 1. The van der Waals surface area contributed by atoms with Crippen LogP contribution >= 0.6 is 0 Å². The van der Waals surface area contributed by atoms with Gasteiger partial charge in [0.15, 0.2) is 6.61 Å². The lowest BCUT2D eigenvalue weighted by molar-refractivity contribution is -0.122. The number of fused-ring (bicyclic) bond motifs is 1. The van der Waals surface area contributed by atoms with Crippen LogP contribution in [-0.2, 0) is 4.79 Å². The Morgan fingerprint density at radius 2 is 1.69 bits per heavy atom. The van der Waals surface area contributed by atoms with Crippen LogP contribution in [0.1, 0.15) is 5.56 Å². The van der Waals surface area contributed by atoms with Gasteiger partial charge in [0, 0.05) is 5.56 Å². The van der Waals surface area contributed by atoms with Crippen molar-refractivity contribution in [3.05, 3.63) is 72.3 Å². The van der Waals surface area contributed by atoms with Crippen molar-refractivity contribution in [3.63, 3.8) is 0 Å². The normalized spacial score (nSPS) is 9.88. The summed E-state index contributed by atoms with van der Waals surface area (Å²) in [7, 11) is 1.62. The van der Waals surface area contributed by atoms with Crippen LogP contribution in [-0.4, -0.2) is 26.2 Å². The van der Waals surface area contributed by atoms with Crippen LogP contribution < -0.4 is 14.8 Å². The summed E-state index contributed by atoms with van der Waals surface area (Å²) in [5.41, 5.74) is 0.868. The molecule has 26 heavy (non-hydrogen) atoms. The van der Waals surface area contributed by atoms with Crippen LogP contribution in [0, 0.1) is 11.8 Å². The van der Waals surface area contributed by atoms with Gasteiger partial charge in [0.2, 0.25) is 0 Å². The van der Waals surface area contributed by atoms with Crippen molar-refractivity contribution in [1.82, 2.24) is 5.32 Å². The lowest BCUT2D eigenvalue weighted by Crippen LogP contribution is -2.29. The van der Waals surface area contributed by atoms with Crippen LogP contribution in [0.5, 0.6) is 11.5 Å². The molecule has 0 radical (unpaired) electrons. The fourth-order valence-electron chi connectivity index (χ4n) is 2.42. The molecule has 1 N–H and O–H groups in total. The third-order valence-corrected chi connectivity index (χ3v) is 3.79. The smallest absolute Gasteiger partial charge is 0.258 e. The van der Waals surface area contributed by atoms with E-state index < -0.39 is 0 Å². The molecule has 0 spiro atoms. The second-order valence-electron chi connectivity index (χ2n) is 5.60. The Bertz CT molecular complexity index is 952. The molecule has 0 heterocycles. The molecule has 3 aromatic carbocycles. The van der Waals surface area contributed by atoms with Crippen LogP contribution in [0.3, 0.4) is 0 Å². The maximum atomic E-state index is 11.9. The molecular weight excluding hydrogens is 326 g/mol. The Hall–Kier alpha value is -3.45. The molecule has 0 bridgehead atoms. The Labute approximate surface area is 152 Å². The average Bonchev–Trinajstić information content (AvgIpc) is 2.70. The van der Waals surface area contributed by atoms with E-state index in [-0.39, 0.29) is 19.1 Å². The van der Waals surface area contributed by atoms with Gasteiger partial charge in [-0.15, -0.1) is 0 Å². The molecule has 0 atom stereocenters. The monoisotopic (exact) mass is 345 g/mol. The van der Waals surface area contributed by atoms with E-state index >= 15 is 0 Å². The first kappa shape index (κ1) is 17.4. The number of hydrogen-bond acceptors (Lipinski definition) is 3. The molecule has 0 aliphatic carbocycles. The van der Waals surface area contributed by atoms with Gasteiger partial charge in [-0.3, -0.25) is 4.79 Å². The molecule has 0 fully saturated rings. The molecule has 0 aliphatic rings. The number of hydrogen-bond donors (Lipinski definition) is 1. The molecule has 0 aromatic heterocycles. The number of carbonyl (C=O) groups excluding carboxylic acids is 1. The standard InChI is InChI=1S/C22H19NO3/c1-25-20-11-8-17(9-12-20)5-4-14-23-22(24)16-26-21-13-10-18-6-2-3-7-19(18)15-21/h2-3,6-13,15H,14,16H2,1H3,(H,23,24). The number of benzene rings is 3. The van der Waals surface area contributed by atoms with Gasteiger partial charge < -0.3 is 14.8 Å². The average molecular weight is 345 g/mol. The van der Waals surface area contributed by atoms with Gasteiger partial charge >= 0.3 is 0 Å². The van der Waals surface area contributed by atoms with Gasteiger partial charge in [0.05, 0.1) is 13.7 Å². The maximum absolute atomic E-state index is 11.9. The van der Waals surface area contributed by atoms with E-state index in [4.69, 9.17) is 9.47 Å². The van der Waals surface area contributed by atoms with Crippen LogP contribution in [0.4, 0.5) is 0 Å². The molecule has 1 amide bonds. The van der Waals surface area contributed by atoms with Crippen molar-refractivity contribution < 1.29 is 14.3 Å². The van der Waals surface area contributed by atoms with E-state index in [1.807, 2.05) is 66.7 Å². The van der Waals surface area contributed by atoms with Crippen molar-refractivity contribution in [2.75, 3.05) is 20.3 Å². The zero-order chi connectivity index (χ0) is 18.2. The molecule has 3 aromatic rings. The highest BCUT2D eigenvalue weighted by Crippen LogP contribution is 2.20. The predicted octanol–water partition coefficient (Wildman–Crippen LogP) is 3.40. The first-order valence-corrected chi connectivity index (χ1v) is 8.26. The Balaban J connectivity index is 1.45. The quantitative estimate of drug-likeness (QED) is 0.721. The fourth-order valence-corrected chi connectivity index (χ4v) is 2.42. The minimum Gasteiger partial charge on any atom is -0.497 e. The first-order valence-electron chi connectivity index (χ1n) is 8.26. The van der Waals surface area contributed by atoms with Crippen molar-refractivity contribution in [2.45, 2.75) is 0 Å². The van der Waals surface area contributed by atoms with Crippen LogP contribution in [0.25, 0.3) is 10.8 Å². The number of carbonyl (C=O) groups is 1. The third kappa shape index (κ3) is 4.78. The minimum atomic E-state index is -0.206. The number of ether oxygens (including phenoxy) is 2. The summed E-state index contributed by atoms with van der Waals surface area (Å²) in [6, 6.07) is 21.2. The first-order chi connectivity index (χ1) is 12.7. The van der Waals surface area contributed by atoms with Crippen molar-refractivity contribution in [2.24, 2.45) is 0 Å². The predicted molar refractivity (Wildman–Crippen MR) is 102 cm³/mol. The van der Waals surface area contributed by atoms with E-state index in [1.165, 1.54) is 0 Å². The number of nitrogens with one attached hydrogen (secondary N) is 1. The van der Waals surface area contributed by atoms with Gasteiger partial charge in [0.1, 0.15) is 11.5 Å². The van der Waals surface area contributed by atoms with Gasteiger partial charge in [0.25, 0.3) is 5.91 Å². The SMILES string of the molecule is COc1ccc(C#CCNC(=O)COc2ccc3ccccc3c2)cc1. The molecule has 4 nitrogen and oxygen atoms in total. The summed E-state index contributed by atoms with van der Waals surface area (Å²) in [6.07, 6.45) is 0. The van der Waals surface area contributed by atoms with Gasteiger partial charge in [-0.05, 0) is 47.2 Å². The number of rotatable bonds is 5. The summed E-state index contributed by atoms with van der Waals surface area (Å²) >= 11 is 0. The van der Waals surface area contributed by atoms with E-state index in [9.17, 15) is 4.79 Å².